The molecule has 0 bridgehead atoms. The van der Waals surface area contributed by atoms with Crippen LogP contribution in [0.4, 0.5) is 10.8 Å². The standard InChI is InChI=1S/C9H8N4O4S3/c1-18-9-11-10-8(19-9)12-20(16,17)7-4-2-6(3-5-7)13(14)15/h2-5H,1H3,(H,10,12). The number of nitrogens with one attached hydrogen (secondary N) is 1. The van der Waals surface area contributed by atoms with Gasteiger partial charge in [0.05, 0.1) is 9.82 Å². The van der Waals surface area contributed by atoms with Gasteiger partial charge < -0.3 is 0 Å². The van der Waals surface area contributed by atoms with Crippen molar-refractivity contribution in [1.29, 1.82) is 0 Å². The van der Waals surface area contributed by atoms with E-state index < -0.39 is 14.9 Å². The second-order valence-electron chi connectivity index (χ2n) is 3.43. The van der Waals surface area contributed by atoms with Gasteiger partial charge in [-0.3, -0.25) is 14.8 Å². The Balaban J connectivity index is 2.23. The molecule has 0 atom stereocenters. The minimum absolute atomic E-state index is 0.0796. The third kappa shape index (κ3) is 3.23. The molecule has 0 amide bonds. The van der Waals surface area contributed by atoms with E-state index in [1.807, 2.05) is 0 Å². The minimum atomic E-state index is -3.82. The van der Waals surface area contributed by atoms with Crippen LogP contribution in [-0.4, -0.2) is 29.8 Å². The van der Waals surface area contributed by atoms with E-state index in [0.717, 1.165) is 35.6 Å². The maximum Gasteiger partial charge on any atom is 0.269 e. The largest absolute Gasteiger partial charge is 0.269 e. The summed E-state index contributed by atoms with van der Waals surface area (Å²) in [5.41, 5.74) is -0.176. The molecule has 2 aromatic rings. The number of thioether (sulfide) groups is 1. The van der Waals surface area contributed by atoms with Gasteiger partial charge in [0.1, 0.15) is 0 Å². The smallest absolute Gasteiger partial charge is 0.258 e. The normalized spacial score (nSPS) is 11.2. The lowest BCUT2D eigenvalue weighted by Gasteiger charge is -2.03. The van der Waals surface area contributed by atoms with Gasteiger partial charge in [-0.25, -0.2) is 8.42 Å². The quantitative estimate of drug-likeness (QED) is 0.505. The first-order chi connectivity index (χ1) is 9.42. The monoisotopic (exact) mass is 332 g/mol. The zero-order valence-corrected chi connectivity index (χ0v) is 12.5. The van der Waals surface area contributed by atoms with Gasteiger partial charge in [0.15, 0.2) is 4.34 Å². The van der Waals surface area contributed by atoms with Gasteiger partial charge in [0.2, 0.25) is 5.13 Å². The molecule has 1 aromatic carbocycles. The molecule has 1 aromatic heterocycles. The molecule has 0 aliphatic heterocycles. The molecule has 2 rings (SSSR count). The van der Waals surface area contributed by atoms with Crippen molar-refractivity contribution in [2.75, 3.05) is 11.0 Å². The topological polar surface area (TPSA) is 115 Å². The summed E-state index contributed by atoms with van der Waals surface area (Å²) in [5, 5.41) is 18.1. The number of nitro benzene ring substituents is 1. The first-order valence-corrected chi connectivity index (χ1v) is 8.59. The van der Waals surface area contributed by atoms with E-state index in [4.69, 9.17) is 0 Å². The lowest BCUT2D eigenvalue weighted by molar-refractivity contribution is -0.384. The molecule has 1 N–H and O–H groups in total. The van der Waals surface area contributed by atoms with Crippen molar-refractivity contribution in [2.45, 2.75) is 9.24 Å². The summed E-state index contributed by atoms with van der Waals surface area (Å²) in [5.74, 6) is 0. The number of nitro groups is 1. The Morgan fingerprint density at radius 2 is 1.95 bits per heavy atom. The Bertz CT molecular complexity index is 726. The highest BCUT2D eigenvalue weighted by molar-refractivity contribution is 8.00. The average Bonchev–Trinajstić information content (AvgIpc) is 2.85. The Labute approximate surface area is 122 Å². The highest BCUT2D eigenvalue weighted by atomic mass is 32.2. The summed E-state index contributed by atoms with van der Waals surface area (Å²) < 4.78 is 27.0. The van der Waals surface area contributed by atoms with E-state index in [9.17, 15) is 18.5 Å². The molecule has 0 unspecified atom stereocenters. The van der Waals surface area contributed by atoms with E-state index in [1.54, 1.807) is 6.26 Å². The Morgan fingerprint density at radius 3 is 2.45 bits per heavy atom. The molecule has 8 nitrogen and oxygen atoms in total. The summed E-state index contributed by atoms with van der Waals surface area (Å²) in [6, 6.07) is 4.58. The van der Waals surface area contributed by atoms with Crippen LogP contribution in [-0.2, 0) is 10.0 Å². The van der Waals surface area contributed by atoms with Gasteiger partial charge in [-0.15, -0.1) is 10.2 Å². The molecule has 0 radical (unpaired) electrons. The van der Waals surface area contributed by atoms with Crippen LogP contribution < -0.4 is 4.72 Å². The van der Waals surface area contributed by atoms with Crippen LogP contribution in [0.1, 0.15) is 0 Å². The van der Waals surface area contributed by atoms with Crippen molar-refractivity contribution in [3.05, 3.63) is 34.4 Å². The number of rotatable bonds is 5. The lowest BCUT2D eigenvalue weighted by Crippen LogP contribution is -2.12. The number of anilines is 1. The van der Waals surface area contributed by atoms with E-state index in [0.29, 0.717) is 4.34 Å². The van der Waals surface area contributed by atoms with E-state index in [2.05, 4.69) is 14.9 Å². The van der Waals surface area contributed by atoms with Crippen molar-refractivity contribution in [3.8, 4) is 0 Å². The highest BCUT2D eigenvalue weighted by Gasteiger charge is 2.18. The molecule has 0 fully saturated rings. The van der Waals surface area contributed by atoms with Crippen molar-refractivity contribution >= 4 is 43.9 Å². The first-order valence-electron chi connectivity index (χ1n) is 5.07. The Morgan fingerprint density at radius 1 is 1.30 bits per heavy atom. The highest BCUT2D eigenvalue weighted by Crippen LogP contribution is 2.25. The van der Waals surface area contributed by atoms with Crippen molar-refractivity contribution in [2.24, 2.45) is 0 Å². The number of nitrogens with zero attached hydrogens (tertiary/aromatic N) is 3. The lowest BCUT2D eigenvalue weighted by atomic mass is 10.3. The number of sulfonamides is 1. The summed E-state index contributed by atoms with van der Waals surface area (Å²) >= 11 is 2.46. The van der Waals surface area contributed by atoms with Crippen LogP contribution in [0.3, 0.4) is 0 Å². The Kier molecular flexibility index (Phi) is 4.20. The second-order valence-corrected chi connectivity index (χ2v) is 7.15. The maximum absolute atomic E-state index is 12.0. The van der Waals surface area contributed by atoms with Crippen LogP contribution in [0.25, 0.3) is 0 Å². The maximum atomic E-state index is 12.0. The molecule has 20 heavy (non-hydrogen) atoms. The predicted molar refractivity (Wildman–Crippen MR) is 75.6 cm³/mol. The number of hydrogen-bond acceptors (Lipinski definition) is 8. The zero-order valence-electron chi connectivity index (χ0n) is 10.0. The Hall–Kier alpha value is -1.72. The van der Waals surface area contributed by atoms with Gasteiger partial charge in [-0.2, -0.15) is 0 Å². The first kappa shape index (κ1) is 14.7. The van der Waals surface area contributed by atoms with Gasteiger partial charge in [-0.05, 0) is 18.4 Å². The molecule has 106 valence electrons. The molecular formula is C9H8N4O4S3. The van der Waals surface area contributed by atoms with Gasteiger partial charge in [-0.1, -0.05) is 23.1 Å². The third-order valence-electron chi connectivity index (χ3n) is 2.16. The van der Waals surface area contributed by atoms with E-state index >= 15 is 0 Å². The van der Waals surface area contributed by atoms with Crippen molar-refractivity contribution in [1.82, 2.24) is 10.2 Å². The molecule has 1 heterocycles. The average molecular weight is 332 g/mol. The number of non-ortho nitro benzene ring substituents is 1. The number of hydrogen-bond donors (Lipinski definition) is 1. The number of aromatic nitrogens is 2. The minimum Gasteiger partial charge on any atom is -0.258 e. The molecular weight excluding hydrogens is 324 g/mol. The molecule has 11 heteroatoms. The van der Waals surface area contributed by atoms with Crippen LogP contribution in [0.2, 0.25) is 0 Å². The summed E-state index contributed by atoms with van der Waals surface area (Å²) in [7, 11) is -3.82. The predicted octanol–water partition coefficient (Wildman–Crippen LogP) is 1.97. The zero-order chi connectivity index (χ0) is 14.8. The van der Waals surface area contributed by atoms with Crippen molar-refractivity contribution in [3.63, 3.8) is 0 Å². The van der Waals surface area contributed by atoms with E-state index in [1.165, 1.54) is 11.8 Å². The van der Waals surface area contributed by atoms with Crippen LogP contribution in [0, 0.1) is 10.1 Å². The number of benzene rings is 1. The summed E-state index contributed by atoms with van der Waals surface area (Å²) in [6.45, 7) is 0. The van der Waals surface area contributed by atoms with Crippen LogP contribution in [0.5, 0.6) is 0 Å². The summed E-state index contributed by atoms with van der Waals surface area (Å²) in [6.07, 6.45) is 1.80. The second kappa shape index (κ2) is 5.73. The molecule has 0 saturated heterocycles. The summed E-state index contributed by atoms with van der Waals surface area (Å²) in [4.78, 5) is 9.83. The fourth-order valence-corrected chi connectivity index (χ4v) is 3.65. The van der Waals surface area contributed by atoms with Crippen molar-refractivity contribution < 1.29 is 13.3 Å². The van der Waals surface area contributed by atoms with Crippen LogP contribution >= 0.6 is 23.1 Å². The molecule has 0 saturated carbocycles. The fourth-order valence-electron chi connectivity index (χ4n) is 1.25. The molecule has 0 spiro atoms. The van der Waals surface area contributed by atoms with Gasteiger partial charge in [0.25, 0.3) is 15.7 Å². The van der Waals surface area contributed by atoms with Gasteiger partial charge in [0, 0.05) is 12.1 Å². The molecule has 0 aliphatic rings. The van der Waals surface area contributed by atoms with Crippen LogP contribution in [0.15, 0.2) is 33.5 Å². The molecule has 0 aliphatic carbocycles. The fraction of sp³-hybridized carbons (Fsp3) is 0.111. The third-order valence-corrected chi connectivity index (χ3v) is 5.46. The van der Waals surface area contributed by atoms with E-state index in [-0.39, 0.29) is 15.7 Å². The SMILES string of the molecule is CSc1nnc(NS(=O)(=O)c2ccc([N+](=O)[O-])cc2)s1. The van der Waals surface area contributed by atoms with Gasteiger partial charge >= 0.3 is 0 Å².